The van der Waals surface area contributed by atoms with E-state index in [0.29, 0.717) is 25.1 Å². The van der Waals surface area contributed by atoms with Crippen LogP contribution in [0.5, 0.6) is 0 Å². The third kappa shape index (κ3) is 13.0. The summed E-state index contributed by atoms with van der Waals surface area (Å²) in [6, 6.07) is -5.41. The summed E-state index contributed by atoms with van der Waals surface area (Å²) < 4.78 is 0. The zero-order valence-electron chi connectivity index (χ0n) is 19.0. The number of nitrogens with two attached hydrogens (primary N) is 3. The van der Waals surface area contributed by atoms with Crippen molar-refractivity contribution in [3.63, 3.8) is 0 Å². The first-order valence-electron chi connectivity index (χ1n) is 10.5. The van der Waals surface area contributed by atoms with Gasteiger partial charge in [-0.3, -0.25) is 24.0 Å². The number of carbonyl (C=O) groups is 6. The number of aliphatic carboxylic acids is 2. The van der Waals surface area contributed by atoms with Crippen molar-refractivity contribution >= 4 is 47.3 Å². The number of carboxylic acids is 2. The molecule has 11 N–H and O–H groups in total. The lowest BCUT2D eigenvalue weighted by atomic mass is 10.1. The van der Waals surface area contributed by atoms with E-state index in [9.17, 15) is 33.9 Å². The highest BCUT2D eigenvalue weighted by molar-refractivity contribution is 7.98. The lowest BCUT2D eigenvalue weighted by Crippen LogP contribution is -2.57. The Labute approximate surface area is 201 Å². The highest BCUT2D eigenvalue weighted by atomic mass is 32.2. The molecular weight excluding hydrogens is 472 g/mol. The Balaban J connectivity index is 5.50. The van der Waals surface area contributed by atoms with Gasteiger partial charge in [0, 0.05) is 0 Å². The molecule has 0 saturated carbocycles. The van der Waals surface area contributed by atoms with Gasteiger partial charge in [0.2, 0.25) is 23.6 Å². The molecule has 0 aromatic heterocycles. The predicted molar refractivity (Wildman–Crippen MR) is 123 cm³/mol. The van der Waals surface area contributed by atoms with E-state index in [-0.39, 0.29) is 12.8 Å². The summed E-state index contributed by atoms with van der Waals surface area (Å²) in [6.07, 6.45) is 1.57. The molecule has 14 nitrogen and oxygen atoms in total. The maximum atomic E-state index is 12.8. The van der Waals surface area contributed by atoms with Crippen LogP contribution in [0.3, 0.4) is 0 Å². The van der Waals surface area contributed by atoms with E-state index in [2.05, 4.69) is 16.0 Å². The second kappa shape index (κ2) is 16.7. The van der Waals surface area contributed by atoms with Crippen LogP contribution in [0, 0.1) is 0 Å². The van der Waals surface area contributed by atoms with Gasteiger partial charge < -0.3 is 43.4 Å². The maximum absolute atomic E-state index is 12.8. The molecule has 34 heavy (non-hydrogen) atoms. The van der Waals surface area contributed by atoms with E-state index >= 15 is 0 Å². The Hall–Kier alpha value is -2.91. The van der Waals surface area contributed by atoms with Crippen molar-refractivity contribution in [2.45, 2.75) is 62.7 Å². The van der Waals surface area contributed by atoms with Crippen LogP contribution < -0.4 is 33.2 Å². The van der Waals surface area contributed by atoms with E-state index in [1.54, 1.807) is 6.26 Å². The number of carbonyl (C=O) groups excluding carboxylic acids is 4. The minimum Gasteiger partial charge on any atom is -0.481 e. The number of rotatable bonds is 18. The number of primary amides is 1. The second-order valence-corrected chi connectivity index (χ2v) is 8.45. The number of amides is 4. The molecule has 15 heteroatoms. The SMILES string of the molecule is CSCCC(NC(=O)C(CC(=O)O)NC(=O)C(CCCCN)NC(=O)C(N)CC(N)=O)C(=O)O. The van der Waals surface area contributed by atoms with Gasteiger partial charge >= 0.3 is 11.9 Å². The smallest absolute Gasteiger partial charge is 0.326 e. The van der Waals surface area contributed by atoms with Gasteiger partial charge in [-0.15, -0.1) is 0 Å². The van der Waals surface area contributed by atoms with Crippen molar-refractivity contribution in [3.05, 3.63) is 0 Å². The molecule has 0 fully saturated rings. The molecule has 4 amide bonds. The molecule has 0 aliphatic heterocycles. The van der Waals surface area contributed by atoms with Crippen LogP contribution in [0.25, 0.3) is 0 Å². The normalized spacial score (nSPS) is 14.2. The molecule has 194 valence electrons. The minimum atomic E-state index is -1.60. The summed E-state index contributed by atoms with van der Waals surface area (Å²) in [5.74, 6) is -5.83. The fraction of sp³-hybridized carbons (Fsp3) is 0.684. The minimum absolute atomic E-state index is 0.0882. The molecule has 0 saturated heterocycles. The Bertz CT molecular complexity index is 738. The molecule has 0 aliphatic carbocycles. The van der Waals surface area contributed by atoms with E-state index in [0.717, 1.165) is 0 Å². The van der Waals surface area contributed by atoms with Gasteiger partial charge in [-0.05, 0) is 44.2 Å². The molecule has 4 atom stereocenters. The monoisotopic (exact) mass is 506 g/mol. The number of thioether (sulfide) groups is 1. The lowest BCUT2D eigenvalue weighted by Gasteiger charge is -2.24. The first-order chi connectivity index (χ1) is 15.9. The summed E-state index contributed by atoms with van der Waals surface area (Å²) >= 11 is 1.36. The van der Waals surface area contributed by atoms with E-state index < -0.39 is 72.6 Å². The van der Waals surface area contributed by atoms with Gasteiger partial charge in [0.15, 0.2) is 0 Å². The Morgan fingerprint density at radius 3 is 1.88 bits per heavy atom. The van der Waals surface area contributed by atoms with Crippen LogP contribution in [0.15, 0.2) is 0 Å². The van der Waals surface area contributed by atoms with Crippen molar-refractivity contribution in [3.8, 4) is 0 Å². The number of unbranched alkanes of at least 4 members (excludes halogenated alkanes) is 1. The summed E-state index contributed by atoms with van der Waals surface area (Å²) in [4.78, 5) is 71.3. The van der Waals surface area contributed by atoms with Crippen molar-refractivity contribution in [2.24, 2.45) is 17.2 Å². The topological polar surface area (TPSA) is 257 Å². The molecule has 0 bridgehead atoms. The van der Waals surface area contributed by atoms with Crippen LogP contribution >= 0.6 is 11.8 Å². The lowest BCUT2D eigenvalue weighted by molar-refractivity contribution is -0.143. The van der Waals surface area contributed by atoms with Gasteiger partial charge in [0.1, 0.15) is 18.1 Å². The van der Waals surface area contributed by atoms with Crippen molar-refractivity contribution in [1.82, 2.24) is 16.0 Å². The van der Waals surface area contributed by atoms with Crippen molar-refractivity contribution in [2.75, 3.05) is 18.6 Å². The average Bonchev–Trinajstić information content (AvgIpc) is 2.74. The number of carboxylic acid groups (broad SMARTS) is 2. The van der Waals surface area contributed by atoms with Gasteiger partial charge in [-0.25, -0.2) is 4.79 Å². The molecular formula is C19H34N6O8S. The zero-order chi connectivity index (χ0) is 26.3. The fourth-order valence-corrected chi connectivity index (χ4v) is 3.24. The van der Waals surface area contributed by atoms with Crippen LogP contribution in [-0.4, -0.2) is 88.5 Å². The summed E-state index contributed by atoms with van der Waals surface area (Å²) in [7, 11) is 0. The molecule has 0 aliphatic rings. The third-order valence-electron chi connectivity index (χ3n) is 4.57. The standard InChI is InChI=1S/C19H34N6O8S/c1-34-7-5-12(19(32)33)24-18(31)13(9-15(27)28)25-17(30)11(4-2-3-6-20)23-16(29)10(21)8-14(22)26/h10-13H,2-9,20-21H2,1H3,(H2,22,26)(H,23,29)(H,24,31)(H,25,30)(H,27,28)(H,32,33). The summed E-state index contributed by atoms with van der Waals surface area (Å²) in [5.41, 5.74) is 16.1. The third-order valence-corrected chi connectivity index (χ3v) is 5.22. The first-order valence-corrected chi connectivity index (χ1v) is 11.9. The molecule has 0 aromatic rings. The highest BCUT2D eigenvalue weighted by Gasteiger charge is 2.31. The average molecular weight is 507 g/mol. The zero-order valence-corrected chi connectivity index (χ0v) is 19.8. The maximum Gasteiger partial charge on any atom is 0.326 e. The Morgan fingerprint density at radius 1 is 0.824 bits per heavy atom. The fourth-order valence-electron chi connectivity index (χ4n) is 2.77. The molecule has 0 spiro atoms. The molecule has 4 unspecified atom stereocenters. The Kier molecular flexibility index (Phi) is 15.2. The second-order valence-electron chi connectivity index (χ2n) is 7.46. The number of hydrogen-bond acceptors (Lipinski definition) is 9. The van der Waals surface area contributed by atoms with Crippen LogP contribution in [-0.2, 0) is 28.8 Å². The number of nitrogens with one attached hydrogen (secondary N) is 3. The quantitative estimate of drug-likeness (QED) is 0.0873. The van der Waals surface area contributed by atoms with E-state index in [1.807, 2.05) is 0 Å². The van der Waals surface area contributed by atoms with Crippen LogP contribution in [0.1, 0.15) is 38.5 Å². The van der Waals surface area contributed by atoms with Crippen LogP contribution in [0.2, 0.25) is 0 Å². The van der Waals surface area contributed by atoms with Crippen LogP contribution in [0.4, 0.5) is 0 Å². The van der Waals surface area contributed by atoms with Gasteiger partial charge in [0.25, 0.3) is 0 Å². The molecule has 0 radical (unpaired) electrons. The first kappa shape index (κ1) is 31.1. The van der Waals surface area contributed by atoms with Crippen molar-refractivity contribution < 1.29 is 39.0 Å². The number of hydrogen-bond donors (Lipinski definition) is 8. The van der Waals surface area contributed by atoms with Crippen molar-refractivity contribution in [1.29, 1.82) is 0 Å². The van der Waals surface area contributed by atoms with E-state index in [4.69, 9.17) is 22.3 Å². The molecule has 0 aromatic carbocycles. The van der Waals surface area contributed by atoms with Gasteiger partial charge in [-0.1, -0.05) is 0 Å². The molecule has 0 rings (SSSR count). The summed E-state index contributed by atoms with van der Waals surface area (Å²) in [5, 5.41) is 25.3. The molecule has 0 heterocycles. The Morgan fingerprint density at radius 2 is 1.38 bits per heavy atom. The predicted octanol–water partition coefficient (Wildman–Crippen LogP) is -2.92. The van der Waals surface area contributed by atoms with Gasteiger partial charge in [0.05, 0.1) is 18.9 Å². The largest absolute Gasteiger partial charge is 0.481 e. The van der Waals surface area contributed by atoms with E-state index in [1.165, 1.54) is 11.8 Å². The summed E-state index contributed by atoms with van der Waals surface area (Å²) in [6.45, 7) is 0.320. The highest BCUT2D eigenvalue weighted by Crippen LogP contribution is 2.06. The van der Waals surface area contributed by atoms with Gasteiger partial charge in [-0.2, -0.15) is 11.8 Å².